The molecule has 27 heavy (non-hydrogen) atoms. The Morgan fingerprint density at radius 2 is 2.04 bits per heavy atom. The fourth-order valence-electron chi connectivity index (χ4n) is 3.01. The van der Waals surface area contributed by atoms with Gasteiger partial charge in [0, 0.05) is 17.2 Å². The summed E-state index contributed by atoms with van der Waals surface area (Å²) in [5.41, 5.74) is 0.217. The second-order valence-corrected chi connectivity index (χ2v) is 6.06. The number of fused-ring (bicyclic) bond motifs is 1. The average molecular weight is 385 g/mol. The minimum absolute atomic E-state index is 0.00326. The molecule has 1 N–H and O–H groups in total. The third-order valence-electron chi connectivity index (χ3n) is 4.31. The number of ether oxygens (including phenoxy) is 2. The van der Waals surface area contributed by atoms with Crippen LogP contribution in [0.1, 0.15) is 29.4 Å². The third kappa shape index (κ3) is 4.02. The molecule has 0 saturated heterocycles. The molecule has 9 heteroatoms. The van der Waals surface area contributed by atoms with Gasteiger partial charge in [-0.05, 0) is 43.5 Å². The molecule has 1 aliphatic heterocycles. The Morgan fingerprint density at radius 3 is 2.67 bits per heavy atom. The lowest BCUT2D eigenvalue weighted by molar-refractivity contribution is -0.180. The monoisotopic (exact) mass is 385 g/mol. The zero-order valence-electron chi connectivity index (χ0n) is 14.1. The van der Waals surface area contributed by atoms with Crippen LogP contribution in [0.3, 0.4) is 0 Å². The summed E-state index contributed by atoms with van der Waals surface area (Å²) in [6.07, 6.45) is -1.17. The molecule has 1 unspecified atom stereocenters. The molecule has 0 spiro atoms. The number of carboxylic acids is 1. The molecule has 0 aliphatic carbocycles. The van der Waals surface area contributed by atoms with E-state index in [0.29, 0.717) is 11.6 Å². The van der Waals surface area contributed by atoms with Crippen molar-refractivity contribution in [3.63, 3.8) is 0 Å². The molecule has 144 valence electrons. The Bertz CT molecular complexity index is 875. The molecule has 0 fully saturated rings. The van der Waals surface area contributed by atoms with Gasteiger partial charge >= 0.3 is 12.6 Å². The second-order valence-electron chi connectivity index (χ2n) is 6.06. The van der Waals surface area contributed by atoms with Crippen molar-refractivity contribution in [3.8, 4) is 17.0 Å². The Kier molecular flexibility index (Phi) is 5.31. The molecule has 1 aromatic carbocycles. The maximum Gasteiger partial charge on any atom is 0.354 e. The van der Waals surface area contributed by atoms with Gasteiger partial charge < -0.3 is 14.6 Å². The molecule has 0 saturated carbocycles. The first-order valence-corrected chi connectivity index (χ1v) is 8.09. The van der Waals surface area contributed by atoms with Crippen molar-refractivity contribution in [1.82, 2.24) is 4.98 Å². The van der Waals surface area contributed by atoms with Gasteiger partial charge in [-0.2, -0.15) is 8.78 Å². The smallest absolute Gasteiger partial charge is 0.354 e. The predicted octanol–water partition coefficient (Wildman–Crippen LogP) is 4.05. The SMILES string of the molecule is CC(OC(F)F)[C@@H]1CCc2c(-c3ccc(F)cc3F)cc(C(=O)O)nc2O1. The van der Waals surface area contributed by atoms with Gasteiger partial charge in [0.05, 0.1) is 6.10 Å². The Morgan fingerprint density at radius 1 is 1.30 bits per heavy atom. The number of hydrogen-bond acceptors (Lipinski definition) is 4. The van der Waals surface area contributed by atoms with E-state index in [1.807, 2.05) is 0 Å². The van der Waals surface area contributed by atoms with E-state index in [4.69, 9.17) is 4.74 Å². The van der Waals surface area contributed by atoms with E-state index in [9.17, 15) is 27.5 Å². The summed E-state index contributed by atoms with van der Waals surface area (Å²) >= 11 is 0. The van der Waals surface area contributed by atoms with Crippen LogP contribution < -0.4 is 4.74 Å². The van der Waals surface area contributed by atoms with Crippen LogP contribution in [-0.4, -0.2) is 34.9 Å². The summed E-state index contributed by atoms with van der Waals surface area (Å²) in [6.45, 7) is -1.57. The first-order chi connectivity index (χ1) is 12.8. The van der Waals surface area contributed by atoms with Crippen LogP contribution in [0.25, 0.3) is 11.1 Å². The summed E-state index contributed by atoms with van der Waals surface area (Å²) in [5.74, 6) is -3.10. The average Bonchev–Trinajstić information content (AvgIpc) is 2.59. The lowest BCUT2D eigenvalue weighted by atomic mass is 9.93. The van der Waals surface area contributed by atoms with Crippen molar-refractivity contribution >= 4 is 5.97 Å². The summed E-state index contributed by atoms with van der Waals surface area (Å²) in [6, 6.07) is 4.12. The van der Waals surface area contributed by atoms with Gasteiger partial charge in [-0.3, -0.25) is 0 Å². The number of aromatic nitrogens is 1. The Labute approximate surface area is 151 Å². The number of pyridine rings is 1. The number of carbonyl (C=O) groups is 1. The molecule has 0 amide bonds. The van der Waals surface area contributed by atoms with Gasteiger partial charge in [0.25, 0.3) is 0 Å². The fourth-order valence-corrected chi connectivity index (χ4v) is 3.01. The molecular formula is C18H15F4NO4. The molecule has 5 nitrogen and oxygen atoms in total. The van der Waals surface area contributed by atoms with Crippen LogP contribution in [0.5, 0.6) is 5.88 Å². The van der Waals surface area contributed by atoms with Crippen molar-refractivity contribution in [1.29, 1.82) is 0 Å². The van der Waals surface area contributed by atoms with Gasteiger partial charge in [-0.25, -0.2) is 18.6 Å². The van der Waals surface area contributed by atoms with E-state index >= 15 is 0 Å². The van der Waals surface area contributed by atoms with Crippen LogP contribution in [0.2, 0.25) is 0 Å². The molecule has 2 atom stereocenters. The van der Waals surface area contributed by atoms with Crippen molar-refractivity contribution in [3.05, 3.63) is 47.2 Å². The van der Waals surface area contributed by atoms with E-state index in [1.165, 1.54) is 19.1 Å². The summed E-state index contributed by atoms with van der Waals surface area (Å²) in [7, 11) is 0. The summed E-state index contributed by atoms with van der Waals surface area (Å²) in [5, 5.41) is 9.27. The van der Waals surface area contributed by atoms with Gasteiger partial charge in [-0.1, -0.05) is 0 Å². The van der Waals surface area contributed by atoms with Crippen LogP contribution in [-0.2, 0) is 11.2 Å². The van der Waals surface area contributed by atoms with Crippen LogP contribution in [0.15, 0.2) is 24.3 Å². The third-order valence-corrected chi connectivity index (χ3v) is 4.31. The highest BCUT2D eigenvalue weighted by Gasteiger charge is 2.31. The largest absolute Gasteiger partial charge is 0.477 e. The molecule has 1 aromatic heterocycles. The zero-order valence-corrected chi connectivity index (χ0v) is 14.1. The van der Waals surface area contributed by atoms with Crippen molar-refractivity contribution < 1.29 is 36.9 Å². The molecule has 2 aromatic rings. The van der Waals surface area contributed by atoms with E-state index < -0.39 is 42.1 Å². The Hall–Kier alpha value is -2.68. The lowest BCUT2D eigenvalue weighted by Crippen LogP contribution is -2.36. The van der Waals surface area contributed by atoms with E-state index in [1.54, 1.807) is 0 Å². The van der Waals surface area contributed by atoms with Crippen molar-refractivity contribution in [2.75, 3.05) is 0 Å². The quantitative estimate of drug-likeness (QED) is 0.787. The van der Waals surface area contributed by atoms with E-state index in [0.717, 1.165) is 6.07 Å². The van der Waals surface area contributed by atoms with Crippen molar-refractivity contribution in [2.45, 2.75) is 38.6 Å². The standard InChI is InChI=1S/C18H15F4NO4/c1-8(26-18(21)22)15-5-4-11-12(10-3-2-9(19)6-13(10)20)7-14(17(24)25)23-16(11)27-15/h2-3,6-8,15,18H,4-5H2,1H3,(H,24,25)/t8?,15-/m0/s1. The van der Waals surface area contributed by atoms with E-state index in [2.05, 4.69) is 9.72 Å². The highest BCUT2D eigenvalue weighted by molar-refractivity contribution is 5.88. The Balaban J connectivity index is 2.05. The topological polar surface area (TPSA) is 68.7 Å². The predicted molar refractivity (Wildman–Crippen MR) is 85.8 cm³/mol. The minimum Gasteiger partial charge on any atom is -0.477 e. The highest BCUT2D eigenvalue weighted by atomic mass is 19.3. The van der Waals surface area contributed by atoms with Gasteiger partial charge in [0.1, 0.15) is 17.7 Å². The number of carboxylic acid groups (broad SMARTS) is 1. The zero-order chi connectivity index (χ0) is 19.7. The van der Waals surface area contributed by atoms with Crippen LogP contribution in [0.4, 0.5) is 17.6 Å². The number of halogens is 4. The molecular weight excluding hydrogens is 370 g/mol. The normalized spacial score (nSPS) is 17.3. The number of aromatic carboxylic acids is 1. The van der Waals surface area contributed by atoms with Crippen LogP contribution in [0, 0.1) is 11.6 Å². The van der Waals surface area contributed by atoms with Crippen LogP contribution >= 0.6 is 0 Å². The maximum absolute atomic E-state index is 14.2. The molecule has 3 rings (SSSR count). The van der Waals surface area contributed by atoms with Crippen molar-refractivity contribution in [2.24, 2.45) is 0 Å². The number of nitrogens with zero attached hydrogens (tertiary/aromatic N) is 1. The lowest BCUT2D eigenvalue weighted by Gasteiger charge is -2.30. The minimum atomic E-state index is -2.98. The second kappa shape index (κ2) is 7.51. The number of rotatable bonds is 5. The van der Waals surface area contributed by atoms with E-state index in [-0.39, 0.29) is 29.8 Å². The number of benzene rings is 1. The molecule has 0 bridgehead atoms. The number of hydrogen-bond donors (Lipinski definition) is 1. The molecule has 1 aliphatic rings. The van der Waals surface area contributed by atoms with Gasteiger partial charge in [-0.15, -0.1) is 0 Å². The van der Waals surface area contributed by atoms with Gasteiger partial charge in [0.15, 0.2) is 5.69 Å². The first-order valence-electron chi connectivity index (χ1n) is 8.09. The highest BCUT2D eigenvalue weighted by Crippen LogP contribution is 2.37. The number of alkyl halides is 2. The van der Waals surface area contributed by atoms with Gasteiger partial charge in [0.2, 0.25) is 5.88 Å². The molecule has 0 radical (unpaired) electrons. The fraction of sp³-hybridized carbons (Fsp3) is 0.333. The first kappa shape index (κ1) is 19.1. The summed E-state index contributed by atoms with van der Waals surface area (Å²) in [4.78, 5) is 15.3. The maximum atomic E-state index is 14.2. The molecule has 2 heterocycles. The summed E-state index contributed by atoms with van der Waals surface area (Å²) < 4.78 is 62.3.